The van der Waals surface area contributed by atoms with E-state index in [9.17, 15) is 0 Å². The minimum atomic E-state index is 0.259. The summed E-state index contributed by atoms with van der Waals surface area (Å²) in [6.07, 6.45) is 2.85. The van der Waals surface area contributed by atoms with E-state index < -0.39 is 0 Å². The van der Waals surface area contributed by atoms with Gasteiger partial charge in [-0.05, 0) is 60.0 Å². The second-order valence-corrected chi connectivity index (χ2v) is 8.06. The third-order valence-corrected chi connectivity index (χ3v) is 6.20. The molecule has 3 rings (SSSR count). The smallest absolute Gasteiger partial charge is 0.0345 e. The van der Waals surface area contributed by atoms with E-state index in [1.807, 2.05) is 11.3 Å². The topological polar surface area (TPSA) is 15.3 Å². The van der Waals surface area contributed by atoms with Crippen LogP contribution in [-0.4, -0.2) is 29.6 Å². The monoisotopic (exact) mass is 328 g/mol. The van der Waals surface area contributed by atoms with E-state index >= 15 is 0 Å². The van der Waals surface area contributed by atoms with E-state index in [1.165, 1.54) is 28.7 Å². The Hall–Kier alpha value is 0.100. The average molecular weight is 329 g/mol. The summed E-state index contributed by atoms with van der Waals surface area (Å²) in [6, 6.07) is 2.88. The maximum atomic E-state index is 3.75. The maximum absolute atomic E-state index is 3.75. The molecule has 0 spiro atoms. The van der Waals surface area contributed by atoms with E-state index in [4.69, 9.17) is 0 Å². The first-order chi connectivity index (χ1) is 8.56. The molecule has 2 aliphatic rings. The van der Waals surface area contributed by atoms with Crippen molar-refractivity contribution in [2.75, 3.05) is 13.1 Å². The van der Waals surface area contributed by atoms with Gasteiger partial charge in [-0.3, -0.25) is 4.90 Å². The van der Waals surface area contributed by atoms with Crippen molar-refractivity contribution >= 4 is 27.3 Å². The second-order valence-electron chi connectivity index (χ2n) is 6.21. The van der Waals surface area contributed by atoms with Gasteiger partial charge in [0.1, 0.15) is 0 Å². The molecule has 1 unspecified atom stereocenters. The number of halogens is 1. The number of nitrogens with one attached hydrogen (secondary N) is 1. The summed E-state index contributed by atoms with van der Waals surface area (Å²) in [5, 5.41) is 5.92. The third-order valence-electron chi connectivity index (χ3n) is 4.29. The van der Waals surface area contributed by atoms with Crippen molar-refractivity contribution in [3.8, 4) is 0 Å². The molecule has 1 aliphatic carbocycles. The van der Waals surface area contributed by atoms with Crippen LogP contribution < -0.4 is 5.32 Å². The van der Waals surface area contributed by atoms with E-state index in [0.29, 0.717) is 0 Å². The molecule has 0 bridgehead atoms. The summed E-state index contributed by atoms with van der Waals surface area (Å²) < 4.78 is 1.27. The summed E-state index contributed by atoms with van der Waals surface area (Å²) in [7, 11) is 0. The van der Waals surface area contributed by atoms with Gasteiger partial charge in [0.15, 0.2) is 0 Å². The number of thiophene rings is 1. The largest absolute Gasteiger partial charge is 0.311 e. The van der Waals surface area contributed by atoms with Gasteiger partial charge in [-0.25, -0.2) is 0 Å². The quantitative estimate of drug-likeness (QED) is 0.913. The van der Waals surface area contributed by atoms with Crippen LogP contribution in [0, 0.1) is 5.92 Å². The van der Waals surface area contributed by atoms with Crippen molar-refractivity contribution in [3.63, 3.8) is 0 Å². The molecule has 2 nitrogen and oxygen atoms in total. The Morgan fingerprint density at radius 2 is 2.28 bits per heavy atom. The van der Waals surface area contributed by atoms with Gasteiger partial charge in [-0.15, -0.1) is 11.3 Å². The molecule has 1 N–H and O–H groups in total. The number of piperazine rings is 1. The Labute approximate surface area is 122 Å². The van der Waals surface area contributed by atoms with Crippen molar-refractivity contribution < 1.29 is 0 Å². The Kier molecular flexibility index (Phi) is 3.56. The van der Waals surface area contributed by atoms with Crippen LogP contribution in [0.3, 0.4) is 0 Å². The Balaban J connectivity index is 1.72. The lowest BCUT2D eigenvalue weighted by atomic mass is 9.95. The van der Waals surface area contributed by atoms with Gasteiger partial charge in [-0.2, -0.15) is 0 Å². The second kappa shape index (κ2) is 4.89. The Morgan fingerprint density at radius 1 is 1.50 bits per heavy atom. The normalized spacial score (nSPS) is 28.5. The SMILES string of the molecule is CC1(C)CNC(C2CC2)CN1Cc1sccc1Br. The highest BCUT2D eigenvalue weighted by molar-refractivity contribution is 9.10. The van der Waals surface area contributed by atoms with Crippen LogP contribution in [-0.2, 0) is 6.54 Å². The number of rotatable bonds is 3. The summed E-state index contributed by atoms with van der Waals surface area (Å²) in [5.41, 5.74) is 0.259. The Morgan fingerprint density at radius 3 is 2.89 bits per heavy atom. The molecule has 0 radical (unpaired) electrons. The molecule has 0 amide bonds. The predicted octanol–water partition coefficient (Wildman–Crippen LogP) is 3.47. The van der Waals surface area contributed by atoms with E-state index in [-0.39, 0.29) is 5.54 Å². The molecular formula is C14H21BrN2S. The number of nitrogens with zero attached hydrogens (tertiary/aromatic N) is 1. The molecule has 1 aromatic rings. The minimum Gasteiger partial charge on any atom is -0.311 e. The van der Waals surface area contributed by atoms with Crippen LogP contribution in [0.25, 0.3) is 0 Å². The molecule has 4 heteroatoms. The van der Waals surface area contributed by atoms with Crippen LogP contribution in [0.5, 0.6) is 0 Å². The van der Waals surface area contributed by atoms with Crippen molar-refractivity contribution in [3.05, 3.63) is 20.8 Å². The van der Waals surface area contributed by atoms with Gasteiger partial charge in [-0.1, -0.05) is 0 Å². The van der Waals surface area contributed by atoms with Crippen molar-refractivity contribution in [2.45, 2.75) is 44.8 Å². The summed E-state index contributed by atoms with van der Waals surface area (Å²) in [6.45, 7) is 8.09. The van der Waals surface area contributed by atoms with Crippen molar-refractivity contribution in [1.29, 1.82) is 0 Å². The molecule has 18 heavy (non-hydrogen) atoms. The third kappa shape index (κ3) is 2.67. The number of hydrogen-bond acceptors (Lipinski definition) is 3. The van der Waals surface area contributed by atoms with Gasteiger partial charge in [0.2, 0.25) is 0 Å². The van der Waals surface area contributed by atoms with Crippen LogP contribution in [0.2, 0.25) is 0 Å². The van der Waals surface area contributed by atoms with Gasteiger partial charge in [0.25, 0.3) is 0 Å². The van der Waals surface area contributed by atoms with Gasteiger partial charge >= 0.3 is 0 Å². The lowest BCUT2D eigenvalue weighted by molar-refractivity contribution is 0.0541. The zero-order chi connectivity index (χ0) is 12.8. The molecule has 1 atom stereocenters. The summed E-state index contributed by atoms with van der Waals surface area (Å²) in [5.74, 6) is 0.940. The zero-order valence-corrected chi connectivity index (χ0v) is 13.5. The molecule has 2 fully saturated rings. The van der Waals surface area contributed by atoms with Gasteiger partial charge in [0.05, 0.1) is 0 Å². The minimum absolute atomic E-state index is 0.259. The standard InChI is InChI=1S/C14H21BrN2S/c1-14(2)9-16-12(10-3-4-10)7-17(14)8-13-11(15)5-6-18-13/h5-6,10,12,16H,3-4,7-9H2,1-2H3. The zero-order valence-electron chi connectivity index (χ0n) is 11.1. The molecule has 0 aromatic carbocycles. The highest BCUT2D eigenvalue weighted by Gasteiger charge is 2.40. The number of hydrogen-bond donors (Lipinski definition) is 1. The first-order valence-electron chi connectivity index (χ1n) is 6.76. The van der Waals surface area contributed by atoms with E-state index in [2.05, 4.69) is 51.4 Å². The maximum Gasteiger partial charge on any atom is 0.0345 e. The molecule has 100 valence electrons. The summed E-state index contributed by atoms with van der Waals surface area (Å²) >= 11 is 5.52. The lowest BCUT2D eigenvalue weighted by Gasteiger charge is -2.46. The fourth-order valence-electron chi connectivity index (χ4n) is 2.75. The first-order valence-corrected chi connectivity index (χ1v) is 8.44. The fraction of sp³-hybridized carbons (Fsp3) is 0.714. The lowest BCUT2D eigenvalue weighted by Crippen LogP contribution is -2.62. The molecule has 1 saturated heterocycles. The predicted molar refractivity (Wildman–Crippen MR) is 81.0 cm³/mol. The van der Waals surface area contributed by atoms with Crippen LogP contribution in [0.15, 0.2) is 15.9 Å². The Bertz CT molecular complexity index is 425. The van der Waals surface area contributed by atoms with Crippen LogP contribution in [0.1, 0.15) is 31.6 Å². The van der Waals surface area contributed by atoms with E-state index in [1.54, 1.807) is 0 Å². The highest BCUT2D eigenvalue weighted by atomic mass is 79.9. The van der Waals surface area contributed by atoms with Crippen LogP contribution in [0.4, 0.5) is 0 Å². The van der Waals surface area contributed by atoms with Gasteiger partial charge in [0, 0.05) is 40.6 Å². The molecule has 1 saturated carbocycles. The van der Waals surface area contributed by atoms with Crippen LogP contribution >= 0.6 is 27.3 Å². The van der Waals surface area contributed by atoms with E-state index in [0.717, 1.165) is 25.0 Å². The fourth-order valence-corrected chi connectivity index (χ4v) is 4.24. The first kappa shape index (κ1) is 13.1. The molecule has 2 heterocycles. The van der Waals surface area contributed by atoms with Gasteiger partial charge < -0.3 is 5.32 Å². The van der Waals surface area contributed by atoms with Crippen molar-refractivity contribution in [1.82, 2.24) is 10.2 Å². The molecular weight excluding hydrogens is 308 g/mol. The average Bonchev–Trinajstić information content (AvgIpc) is 3.07. The molecule has 1 aromatic heterocycles. The molecule has 1 aliphatic heterocycles. The summed E-state index contributed by atoms with van der Waals surface area (Å²) in [4.78, 5) is 4.11. The highest BCUT2D eigenvalue weighted by Crippen LogP contribution is 2.36. The van der Waals surface area contributed by atoms with Crippen molar-refractivity contribution in [2.24, 2.45) is 5.92 Å².